The Morgan fingerprint density at radius 2 is 1.88 bits per heavy atom. The summed E-state index contributed by atoms with van der Waals surface area (Å²) in [4.78, 5) is 0. The molecule has 0 aromatic heterocycles. The first-order valence-electron chi connectivity index (χ1n) is 6.30. The van der Waals surface area contributed by atoms with E-state index in [1.807, 2.05) is 30.3 Å². The number of para-hydroxylation sites is 1. The second-order valence-corrected chi connectivity index (χ2v) is 5.88. The summed E-state index contributed by atoms with van der Waals surface area (Å²) in [6.07, 6.45) is 4.21. The Morgan fingerprint density at radius 1 is 1.18 bits per heavy atom. The molecular formula is C15H20N2. The molecule has 0 amide bonds. The van der Waals surface area contributed by atoms with E-state index in [9.17, 15) is 5.26 Å². The summed E-state index contributed by atoms with van der Waals surface area (Å²) in [6.45, 7) is 4.51. The highest BCUT2D eigenvalue weighted by Gasteiger charge is 2.40. The van der Waals surface area contributed by atoms with Crippen molar-refractivity contribution in [3.05, 3.63) is 30.3 Å². The molecule has 1 aromatic rings. The third-order valence-electron chi connectivity index (χ3n) is 3.61. The third kappa shape index (κ3) is 2.79. The maximum absolute atomic E-state index is 9.52. The van der Waals surface area contributed by atoms with E-state index in [-0.39, 0.29) is 11.0 Å². The fourth-order valence-corrected chi connectivity index (χ4v) is 2.89. The summed E-state index contributed by atoms with van der Waals surface area (Å²) >= 11 is 0. The average Bonchev–Trinajstić information content (AvgIpc) is 2.29. The average molecular weight is 228 g/mol. The van der Waals surface area contributed by atoms with Crippen LogP contribution in [0.2, 0.25) is 0 Å². The SMILES string of the molecule is CC1(C)CCCC(C#N)(Nc2ccccc2)C1. The van der Waals surface area contributed by atoms with Crippen LogP contribution in [-0.2, 0) is 0 Å². The maximum atomic E-state index is 9.52. The molecule has 1 aromatic carbocycles. The van der Waals surface area contributed by atoms with Crippen LogP contribution in [0.3, 0.4) is 0 Å². The van der Waals surface area contributed by atoms with E-state index in [1.165, 1.54) is 6.42 Å². The van der Waals surface area contributed by atoms with Gasteiger partial charge in [-0.1, -0.05) is 32.0 Å². The summed E-state index contributed by atoms with van der Waals surface area (Å²) in [7, 11) is 0. The second-order valence-electron chi connectivity index (χ2n) is 5.88. The van der Waals surface area contributed by atoms with Crippen molar-refractivity contribution in [2.45, 2.75) is 45.1 Å². The maximum Gasteiger partial charge on any atom is 0.125 e. The lowest BCUT2D eigenvalue weighted by Crippen LogP contribution is -2.44. The Balaban J connectivity index is 2.18. The lowest BCUT2D eigenvalue weighted by molar-refractivity contribution is 0.197. The molecule has 0 aliphatic heterocycles. The Morgan fingerprint density at radius 3 is 2.47 bits per heavy atom. The lowest BCUT2D eigenvalue weighted by atomic mass is 9.68. The smallest absolute Gasteiger partial charge is 0.125 e. The molecule has 1 fully saturated rings. The van der Waals surface area contributed by atoms with Crippen LogP contribution in [0, 0.1) is 16.7 Å². The molecule has 0 heterocycles. The molecule has 0 saturated heterocycles. The quantitative estimate of drug-likeness (QED) is 0.831. The van der Waals surface area contributed by atoms with Crippen LogP contribution in [0.15, 0.2) is 30.3 Å². The van der Waals surface area contributed by atoms with Crippen molar-refractivity contribution >= 4 is 5.69 Å². The highest BCUT2D eigenvalue weighted by Crippen LogP contribution is 2.42. The van der Waals surface area contributed by atoms with Crippen LogP contribution in [0.25, 0.3) is 0 Å². The monoisotopic (exact) mass is 228 g/mol. The number of hydrogen-bond acceptors (Lipinski definition) is 2. The van der Waals surface area contributed by atoms with E-state index in [0.717, 1.165) is 24.9 Å². The van der Waals surface area contributed by atoms with E-state index in [0.29, 0.717) is 0 Å². The van der Waals surface area contributed by atoms with Crippen LogP contribution in [0.4, 0.5) is 5.69 Å². The van der Waals surface area contributed by atoms with Crippen molar-refractivity contribution in [3.63, 3.8) is 0 Å². The van der Waals surface area contributed by atoms with Gasteiger partial charge in [-0.2, -0.15) is 5.26 Å². The minimum atomic E-state index is -0.386. The second kappa shape index (κ2) is 4.41. The molecule has 17 heavy (non-hydrogen) atoms. The summed E-state index contributed by atoms with van der Waals surface area (Å²) in [5.74, 6) is 0. The predicted octanol–water partition coefficient (Wildman–Crippen LogP) is 3.96. The topological polar surface area (TPSA) is 35.8 Å². The fourth-order valence-electron chi connectivity index (χ4n) is 2.89. The van der Waals surface area contributed by atoms with Gasteiger partial charge in [0.15, 0.2) is 0 Å². The van der Waals surface area contributed by atoms with Crippen molar-refractivity contribution in [3.8, 4) is 6.07 Å². The number of benzene rings is 1. The van der Waals surface area contributed by atoms with Gasteiger partial charge in [-0.3, -0.25) is 0 Å². The molecule has 1 aliphatic rings. The van der Waals surface area contributed by atoms with E-state index in [1.54, 1.807) is 0 Å². The number of nitriles is 1. The zero-order valence-electron chi connectivity index (χ0n) is 10.7. The zero-order valence-corrected chi connectivity index (χ0v) is 10.7. The van der Waals surface area contributed by atoms with Crippen LogP contribution in [0.5, 0.6) is 0 Å². The van der Waals surface area contributed by atoms with Gasteiger partial charge in [0.2, 0.25) is 0 Å². The molecule has 1 unspecified atom stereocenters. The first kappa shape index (κ1) is 12.0. The molecule has 1 N–H and O–H groups in total. The van der Waals surface area contributed by atoms with Gasteiger partial charge < -0.3 is 5.32 Å². The highest BCUT2D eigenvalue weighted by molar-refractivity contribution is 5.47. The third-order valence-corrected chi connectivity index (χ3v) is 3.61. The molecule has 1 aliphatic carbocycles. The summed E-state index contributed by atoms with van der Waals surface area (Å²) in [6, 6.07) is 12.6. The van der Waals surface area contributed by atoms with E-state index in [2.05, 4.69) is 25.2 Å². The number of rotatable bonds is 2. The van der Waals surface area contributed by atoms with Crippen molar-refractivity contribution in [1.82, 2.24) is 0 Å². The van der Waals surface area contributed by atoms with Gasteiger partial charge in [0.05, 0.1) is 6.07 Å². The van der Waals surface area contributed by atoms with Crippen LogP contribution in [0.1, 0.15) is 39.5 Å². The Hall–Kier alpha value is -1.49. The van der Waals surface area contributed by atoms with Crippen molar-refractivity contribution in [1.29, 1.82) is 5.26 Å². The molecular weight excluding hydrogens is 208 g/mol. The number of nitrogens with one attached hydrogen (secondary N) is 1. The van der Waals surface area contributed by atoms with Gasteiger partial charge in [0, 0.05) is 5.69 Å². The van der Waals surface area contributed by atoms with Crippen molar-refractivity contribution in [2.24, 2.45) is 5.41 Å². The van der Waals surface area contributed by atoms with Gasteiger partial charge in [-0.25, -0.2) is 0 Å². The standard InChI is InChI=1S/C15H20N2/c1-14(2)9-6-10-15(11-14,12-16)17-13-7-4-3-5-8-13/h3-5,7-8,17H,6,9-11H2,1-2H3. The van der Waals surface area contributed by atoms with Crippen molar-refractivity contribution < 1.29 is 0 Å². The van der Waals surface area contributed by atoms with Crippen LogP contribution >= 0.6 is 0 Å². The largest absolute Gasteiger partial charge is 0.367 e. The predicted molar refractivity (Wildman–Crippen MR) is 70.7 cm³/mol. The van der Waals surface area contributed by atoms with Gasteiger partial charge in [-0.05, 0) is 43.2 Å². The summed E-state index contributed by atoms with van der Waals surface area (Å²) in [5.41, 5.74) is 0.922. The molecule has 90 valence electrons. The summed E-state index contributed by atoms with van der Waals surface area (Å²) < 4.78 is 0. The molecule has 0 spiro atoms. The molecule has 1 atom stereocenters. The molecule has 2 heteroatoms. The van der Waals surface area contributed by atoms with Crippen LogP contribution in [-0.4, -0.2) is 5.54 Å². The number of hydrogen-bond donors (Lipinski definition) is 1. The Labute approximate surface area is 104 Å². The van der Waals surface area contributed by atoms with Gasteiger partial charge >= 0.3 is 0 Å². The van der Waals surface area contributed by atoms with E-state index < -0.39 is 0 Å². The highest BCUT2D eigenvalue weighted by atomic mass is 15.0. The fraction of sp³-hybridized carbons (Fsp3) is 0.533. The number of nitrogens with zero attached hydrogens (tertiary/aromatic N) is 1. The first-order chi connectivity index (χ1) is 8.05. The Kier molecular flexibility index (Phi) is 3.11. The molecule has 0 bridgehead atoms. The lowest BCUT2D eigenvalue weighted by Gasteiger charge is -2.41. The normalized spacial score (nSPS) is 27.1. The van der Waals surface area contributed by atoms with Gasteiger partial charge in [0.25, 0.3) is 0 Å². The van der Waals surface area contributed by atoms with E-state index >= 15 is 0 Å². The zero-order chi connectivity index (χ0) is 12.4. The van der Waals surface area contributed by atoms with Crippen LogP contribution < -0.4 is 5.32 Å². The minimum Gasteiger partial charge on any atom is -0.367 e. The summed E-state index contributed by atoms with van der Waals surface area (Å²) in [5, 5.41) is 13.0. The van der Waals surface area contributed by atoms with Crippen molar-refractivity contribution in [2.75, 3.05) is 5.32 Å². The first-order valence-corrected chi connectivity index (χ1v) is 6.30. The molecule has 2 nitrogen and oxygen atoms in total. The number of anilines is 1. The van der Waals surface area contributed by atoms with E-state index in [4.69, 9.17) is 0 Å². The molecule has 0 radical (unpaired) electrons. The molecule has 1 saturated carbocycles. The molecule has 2 rings (SSSR count). The van der Waals surface area contributed by atoms with Gasteiger partial charge in [0.1, 0.15) is 5.54 Å². The minimum absolute atomic E-state index is 0.260. The van der Waals surface area contributed by atoms with Gasteiger partial charge in [-0.15, -0.1) is 0 Å². The Bertz CT molecular complexity index is 416.